The van der Waals surface area contributed by atoms with Gasteiger partial charge in [0, 0.05) is 12.1 Å². The van der Waals surface area contributed by atoms with Gasteiger partial charge in [0.2, 0.25) is 0 Å². The van der Waals surface area contributed by atoms with Crippen LogP contribution in [0.15, 0.2) is 0 Å². The number of carbonyl (C=O) groups is 1. The van der Waals surface area contributed by atoms with Gasteiger partial charge in [-0.1, -0.05) is 6.92 Å². The molecule has 1 heterocycles. The Labute approximate surface area is 98.1 Å². The van der Waals surface area contributed by atoms with E-state index in [1.807, 2.05) is 0 Å². The van der Waals surface area contributed by atoms with Crippen molar-refractivity contribution in [1.29, 1.82) is 0 Å². The maximum atomic E-state index is 11.9. The first-order valence-corrected chi connectivity index (χ1v) is 6.54. The Morgan fingerprint density at radius 2 is 2.06 bits per heavy atom. The van der Waals surface area contributed by atoms with E-state index in [0.717, 1.165) is 6.42 Å². The van der Waals surface area contributed by atoms with Crippen molar-refractivity contribution in [2.75, 3.05) is 7.11 Å². The number of methoxy groups -OCH3 is 1. The summed E-state index contributed by atoms with van der Waals surface area (Å²) in [7, 11) is 1.51. The SMILES string of the molecule is CCC1CCC(C)N1C(C(=O)OC)C1CC1. The minimum atomic E-state index is -0.0188. The summed E-state index contributed by atoms with van der Waals surface area (Å²) in [4.78, 5) is 14.4. The fraction of sp³-hybridized carbons (Fsp3) is 0.923. The van der Waals surface area contributed by atoms with Crippen LogP contribution < -0.4 is 0 Å². The van der Waals surface area contributed by atoms with Crippen LogP contribution in [0, 0.1) is 5.92 Å². The summed E-state index contributed by atoms with van der Waals surface area (Å²) in [6, 6.07) is 1.15. The van der Waals surface area contributed by atoms with Crippen LogP contribution in [-0.4, -0.2) is 36.1 Å². The molecule has 0 radical (unpaired) electrons. The highest BCUT2D eigenvalue weighted by molar-refractivity contribution is 5.76. The molecule has 2 rings (SSSR count). The lowest BCUT2D eigenvalue weighted by Crippen LogP contribution is -2.49. The Bertz CT molecular complexity index is 263. The van der Waals surface area contributed by atoms with Crippen molar-refractivity contribution in [2.45, 2.75) is 64.1 Å². The predicted octanol–water partition coefficient (Wildman–Crippen LogP) is 2.20. The Kier molecular flexibility index (Phi) is 3.53. The monoisotopic (exact) mass is 225 g/mol. The average Bonchev–Trinajstić information content (AvgIpc) is 3.05. The lowest BCUT2D eigenvalue weighted by Gasteiger charge is -2.34. The van der Waals surface area contributed by atoms with Gasteiger partial charge in [-0.15, -0.1) is 0 Å². The molecule has 0 N–H and O–H groups in total. The second-order valence-corrected chi connectivity index (χ2v) is 5.24. The Morgan fingerprint density at radius 3 is 2.56 bits per heavy atom. The first-order chi connectivity index (χ1) is 7.69. The number of esters is 1. The van der Waals surface area contributed by atoms with Crippen LogP contribution >= 0.6 is 0 Å². The minimum Gasteiger partial charge on any atom is -0.468 e. The fourth-order valence-electron chi connectivity index (χ4n) is 3.10. The zero-order valence-electron chi connectivity index (χ0n) is 10.6. The highest BCUT2D eigenvalue weighted by Gasteiger charge is 2.46. The number of nitrogens with zero attached hydrogens (tertiary/aromatic N) is 1. The number of carbonyl (C=O) groups excluding carboxylic acids is 1. The molecule has 0 amide bonds. The molecule has 16 heavy (non-hydrogen) atoms. The number of hydrogen-bond donors (Lipinski definition) is 0. The predicted molar refractivity (Wildman–Crippen MR) is 63.1 cm³/mol. The summed E-state index contributed by atoms with van der Waals surface area (Å²) >= 11 is 0. The van der Waals surface area contributed by atoms with E-state index in [1.165, 1.54) is 32.8 Å². The van der Waals surface area contributed by atoms with E-state index >= 15 is 0 Å². The molecule has 0 aromatic rings. The van der Waals surface area contributed by atoms with Crippen LogP contribution in [0.3, 0.4) is 0 Å². The molecule has 1 saturated heterocycles. The number of hydrogen-bond acceptors (Lipinski definition) is 3. The molecule has 1 saturated carbocycles. The normalized spacial score (nSPS) is 32.7. The molecule has 0 aromatic heterocycles. The van der Waals surface area contributed by atoms with Gasteiger partial charge in [-0.05, 0) is 44.9 Å². The fourth-order valence-corrected chi connectivity index (χ4v) is 3.10. The van der Waals surface area contributed by atoms with Crippen LogP contribution in [0.1, 0.15) is 46.0 Å². The second kappa shape index (κ2) is 4.74. The molecule has 0 spiro atoms. The first-order valence-electron chi connectivity index (χ1n) is 6.54. The van der Waals surface area contributed by atoms with E-state index in [-0.39, 0.29) is 12.0 Å². The smallest absolute Gasteiger partial charge is 0.323 e. The molecule has 1 aliphatic carbocycles. The standard InChI is InChI=1S/C13H23NO2/c1-4-11-8-5-9(2)14(11)12(10-6-7-10)13(15)16-3/h9-12H,4-8H2,1-3H3. The highest BCUT2D eigenvalue weighted by Crippen LogP contribution is 2.40. The third kappa shape index (κ3) is 2.10. The van der Waals surface area contributed by atoms with Crippen molar-refractivity contribution in [2.24, 2.45) is 5.92 Å². The number of ether oxygens (including phenoxy) is 1. The molecule has 2 aliphatic rings. The van der Waals surface area contributed by atoms with E-state index in [0.29, 0.717) is 18.0 Å². The lowest BCUT2D eigenvalue weighted by molar-refractivity contribution is -0.149. The van der Waals surface area contributed by atoms with Gasteiger partial charge < -0.3 is 4.74 Å². The zero-order valence-corrected chi connectivity index (χ0v) is 10.6. The van der Waals surface area contributed by atoms with Crippen molar-refractivity contribution in [3.8, 4) is 0 Å². The van der Waals surface area contributed by atoms with Crippen molar-refractivity contribution in [1.82, 2.24) is 4.90 Å². The molecule has 2 fully saturated rings. The van der Waals surface area contributed by atoms with Gasteiger partial charge in [-0.25, -0.2) is 0 Å². The third-order valence-electron chi connectivity index (χ3n) is 4.15. The van der Waals surface area contributed by atoms with E-state index in [1.54, 1.807) is 0 Å². The second-order valence-electron chi connectivity index (χ2n) is 5.24. The van der Waals surface area contributed by atoms with Crippen LogP contribution in [-0.2, 0) is 9.53 Å². The molecule has 3 heteroatoms. The highest BCUT2D eigenvalue weighted by atomic mass is 16.5. The van der Waals surface area contributed by atoms with Crippen LogP contribution in [0.2, 0.25) is 0 Å². The van der Waals surface area contributed by atoms with Crippen molar-refractivity contribution >= 4 is 5.97 Å². The van der Waals surface area contributed by atoms with Crippen LogP contribution in [0.5, 0.6) is 0 Å². The Hall–Kier alpha value is -0.570. The first kappa shape index (κ1) is 11.9. The summed E-state index contributed by atoms with van der Waals surface area (Å²) < 4.78 is 4.99. The molecule has 1 aliphatic heterocycles. The van der Waals surface area contributed by atoms with E-state index in [2.05, 4.69) is 18.7 Å². The largest absolute Gasteiger partial charge is 0.468 e. The molecule has 3 unspecified atom stereocenters. The molecule has 92 valence electrons. The van der Waals surface area contributed by atoms with Crippen LogP contribution in [0.4, 0.5) is 0 Å². The quantitative estimate of drug-likeness (QED) is 0.687. The third-order valence-corrected chi connectivity index (χ3v) is 4.15. The molecule has 0 aromatic carbocycles. The summed E-state index contributed by atoms with van der Waals surface area (Å²) in [6.07, 6.45) is 5.99. The van der Waals surface area contributed by atoms with Gasteiger partial charge in [-0.3, -0.25) is 9.69 Å². The van der Waals surface area contributed by atoms with E-state index in [9.17, 15) is 4.79 Å². The molecular weight excluding hydrogens is 202 g/mol. The molecule has 3 nitrogen and oxygen atoms in total. The van der Waals surface area contributed by atoms with Gasteiger partial charge in [0.05, 0.1) is 7.11 Å². The summed E-state index contributed by atoms with van der Waals surface area (Å²) in [5, 5.41) is 0. The van der Waals surface area contributed by atoms with Gasteiger partial charge in [-0.2, -0.15) is 0 Å². The maximum absolute atomic E-state index is 11.9. The van der Waals surface area contributed by atoms with E-state index < -0.39 is 0 Å². The van der Waals surface area contributed by atoms with Crippen molar-refractivity contribution in [3.05, 3.63) is 0 Å². The topological polar surface area (TPSA) is 29.5 Å². The molecular formula is C13H23NO2. The summed E-state index contributed by atoms with van der Waals surface area (Å²) in [6.45, 7) is 4.46. The number of likely N-dealkylation sites (tertiary alicyclic amines) is 1. The molecule has 3 atom stereocenters. The zero-order chi connectivity index (χ0) is 11.7. The average molecular weight is 225 g/mol. The lowest BCUT2D eigenvalue weighted by atomic mass is 10.1. The van der Waals surface area contributed by atoms with E-state index in [4.69, 9.17) is 4.74 Å². The Morgan fingerprint density at radius 1 is 1.38 bits per heavy atom. The molecule has 0 bridgehead atoms. The van der Waals surface area contributed by atoms with Gasteiger partial charge >= 0.3 is 5.97 Å². The summed E-state index contributed by atoms with van der Waals surface area (Å²) in [5.41, 5.74) is 0. The van der Waals surface area contributed by atoms with Crippen molar-refractivity contribution in [3.63, 3.8) is 0 Å². The minimum absolute atomic E-state index is 0.0188. The summed E-state index contributed by atoms with van der Waals surface area (Å²) in [5.74, 6) is 0.539. The van der Waals surface area contributed by atoms with Gasteiger partial charge in [0.15, 0.2) is 0 Å². The van der Waals surface area contributed by atoms with Gasteiger partial charge in [0.1, 0.15) is 6.04 Å². The Balaban J connectivity index is 2.14. The number of rotatable bonds is 4. The van der Waals surface area contributed by atoms with Crippen molar-refractivity contribution < 1.29 is 9.53 Å². The van der Waals surface area contributed by atoms with Gasteiger partial charge in [0.25, 0.3) is 0 Å². The van der Waals surface area contributed by atoms with Crippen LogP contribution in [0.25, 0.3) is 0 Å². The maximum Gasteiger partial charge on any atom is 0.323 e.